The molecular weight excluding hydrogens is 222 g/mol. The molecule has 2 rings (SSSR count). The molecule has 0 radical (unpaired) electrons. The number of rotatable bonds is 0. The van der Waals surface area contributed by atoms with Crippen molar-refractivity contribution in [1.82, 2.24) is 4.98 Å². The highest BCUT2D eigenvalue weighted by atomic mass is 16.5. The van der Waals surface area contributed by atoms with Gasteiger partial charge in [0.15, 0.2) is 0 Å². The highest BCUT2D eigenvalue weighted by Crippen LogP contribution is 2.37. The zero-order valence-corrected chi connectivity index (χ0v) is 12.6. The molecule has 0 amide bonds. The number of nitrogens with zero attached hydrogens (tertiary/aromatic N) is 1. The predicted molar refractivity (Wildman–Crippen MR) is 75.5 cm³/mol. The normalized spacial score (nSPS) is 16.1. The van der Waals surface area contributed by atoms with Gasteiger partial charge in [0.1, 0.15) is 5.75 Å². The molecule has 0 spiro atoms. The van der Waals surface area contributed by atoms with Crippen LogP contribution in [0.25, 0.3) is 0 Å². The summed E-state index contributed by atoms with van der Waals surface area (Å²) < 4.78 is 5.89. The summed E-state index contributed by atoms with van der Waals surface area (Å²) in [7, 11) is 0. The summed E-state index contributed by atoms with van der Waals surface area (Å²) in [6, 6.07) is 2.24. The van der Waals surface area contributed by atoms with E-state index in [-0.39, 0.29) is 10.8 Å². The topological polar surface area (TPSA) is 22.1 Å². The fourth-order valence-corrected chi connectivity index (χ4v) is 2.26. The molecule has 0 unspecified atom stereocenters. The van der Waals surface area contributed by atoms with Crippen LogP contribution in [0.1, 0.15) is 64.9 Å². The predicted octanol–water partition coefficient (Wildman–Crippen LogP) is 4.00. The summed E-state index contributed by atoms with van der Waals surface area (Å²) in [6.07, 6.45) is 2.23. The number of aromatic nitrogens is 1. The van der Waals surface area contributed by atoms with Gasteiger partial charge < -0.3 is 4.74 Å². The molecule has 0 bridgehead atoms. The number of fused-ring (bicyclic) bond motifs is 1. The van der Waals surface area contributed by atoms with E-state index in [1.807, 2.05) is 0 Å². The maximum absolute atomic E-state index is 5.89. The van der Waals surface area contributed by atoms with Gasteiger partial charge >= 0.3 is 0 Å². The zero-order chi connectivity index (χ0) is 13.6. The van der Waals surface area contributed by atoms with Crippen LogP contribution in [0.4, 0.5) is 0 Å². The minimum Gasteiger partial charge on any atom is -0.491 e. The van der Waals surface area contributed by atoms with Crippen molar-refractivity contribution in [3.63, 3.8) is 0 Å². The van der Waals surface area contributed by atoms with Crippen molar-refractivity contribution in [2.75, 3.05) is 6.61 Å². The lowest BCUT2D eigenvalue weighted by Crippen LogP contribution is -2.24. The Kier molecular flexibility index (Phi) is 3.16. The van der Waals surface area contributed by atoms with E-state index in [1.54, 1.807) is 0 Å². The molecule has 1 aromatic rings. The van der Waals surface area contributed by atoms with E-state index in [9.17, 15) is 0 Å². The Morgan fingerprint density at radius 3 is 2.28 bits per heavy atom. The fourth-order valence-electron chi connectivity index (χ4n) is 2.26. The Hall–Kier alpha value is -1.05. The standard InChI is InChI=1S/C16H25NO/c1-15(2,3)12-10-11-8-7-9-18-13(11)14(17-12)16(4,5)6/h10H,7-9H2,1-6H3. The molecule has 2 nitrogen and oxygen atoms in total. The van der Waals surface area contributed by atoms with Gasteiger partial charge in [-0.3, -0.25) is 4.98 Å². The third kappa shape index (κ3) is 2.52. The van der Waals surface area contributed by atoms with Crippen LogP contribution >= 0.6 is 0 Å². The number of hydrogen-bond donors (Lipinski definition) is 0. The molecule has 0 atom stereocenters. The van der Waals surface area contributed by atoms with Crippen molar-refractivity contribution in [3.05, 3.63) is 23.0 Å². The third-order valence-electron chi connectivity index (χ3n) is 3.37. The Morgan fingerprint density at radius 1 is 1.06 bits per heavy atom. The summed E-state index contributed by atoms with van der Waals surface area (Å²) in [6.45, 7) is 14.1. The molecule has 18 heavy (non-hydrogen) atoms. The van der Waals surface area contributed by atoms with E-state index in [2.05, 4.69) is 47.6 Å². The van der Waals surface area contributed by atoms with Crippen molar-refractivity contribution in [2.45, 2.75) is 65.2 Å². The maximum atomic E-state index is 5.89. The average molecular weight is 247 g/mol. The second kappa shape index (κ2) is 4.25. The number of ether oxygens (including phenoxy) is 1. The zero-order valence-electron chi connectivity index (χ0n) is 12.6. The molecule has 1 aliphatic heterocycles. The van der Waals surface area contributed by atoms with Crippen LogP contribution in [-0.2, 0) is 17.3 Å². The van der Waals surface area contributed by atoms with E-state index in [1.165, 1.54) is 11.3 Å². The van der Waals surface area contributed by atoms with Gasteiger partial charge in [0, 0.05) is 16.5 Å². The molecular formula is C16H25NO. The molecule has 0 aliphatic carbocycles. The van der Waals surface area contributed by atoms with Gasteiger partial charge in [-0.15, -0.1) is 0 Å². The molecule has 0 fully saturated rings. The van der Waals surface area contributed by atoms with Crippen LogP contribution in [0.3, 0.4) is 0 Å². The van der Waals surface area contributed by atoms with E-state index >= 15 is 0 Å². The van der Waals surface area contributed by atoms with Crippen LogP contribution < -0.4 is 4.74 Å². The van der Waals surface area contributed by atoms with Gasteiger partial charge in [-0.1, -0.05) is 41.5 Å². The monoisotopic (exact) mass is 247 g/mol. The summed E-state index contributed by atoms with van der Waals surface area (Å²) in [5.41, 5.74) is 3.75. The van der Waals surface area contributed by atoms with Crippen molar-refractivity contribution in [2.24, 2.45) is 0 Å². The second-order valence-corrected chi connectivity index (χ2v) is 7.30. The van der Waals surface area contributed by atoms with Crippen molar-refractivity contribution in [3.8, 4) is 5.75 Å². The van der Waals surface area contributed by atoms with Gasteiger partial charge in [-0.2, -0.15) is 0 Å². The van der Waals surface area contributed by atoms with E-state index in [0.717, 1.165) is 30.9 Å². The highest BCUT2D eigenvalue weighted by Gasteiger charge is 2.28. The van der Waals surface area contributed by atoms with Gasteiger partial charge in [0.05, 0.1) is 12.3 Å². The first-order chi connectivity index (χ1) is 8.19. The van der Waals surface area contributed by atoms with Crippen molar-refractivity contribution < 1.29 is 4.74 Å². The highest BCUT2D eigenvalue weighted by molar-refractivity contribution is 5.44. The lowest BCUT2D eigenvalue weighted by atomic mass is 9.84. The van der Waals surface area contributed by atoms with Crippen LogP contribution in [0.2, 0.25) is 0 Å². The van der Waals surface area contributed by atoms with Gasteiger partial charge in [0.2, 0.25) is 0 Å². The molecule has 0 saturated carbocycles. The first-order valence-corrected chi connectivity index (χ1v) is 6.87. The molecule has 100 valence electrons. The van der Waals surface area contributed by atoms with Crippen LogP contribution in [0.15, 0.2) is 6.07 Å². The Balaban J connectivity index is 2.63. The summed E-state index contributed by atoms with van der Waals surface area (Å²) in [5.74, 6) is 1.04. The average Bonchev–Trinajstić information content (AvgIpc) is 2.25. The smallest absolute Gasteiger partial charge is 0.144 e. The Labute approximate surface area is 111 Å². The summed E-state index contributed by atoms with van der Waals surface area (Å²) in [5, 5.41) is 0. The third-order valence-corrected chi connectivity index (χ3v) is 3.37. The lowest BCUT2D eigenvalue weighted by Gasteiger charge is -2.29. The second-order valence-electron chi connectivity index (χ2n) is 7.30. The van der Waals surface area contributed by atoms with Gasteiger partial charge in [-0.25, -0.2) is 0 Å². The van der Waals surface area contributed by atoms with Gasteiger partial charge in [-0.05, 0) is 24.5 Å². The first kappa shape index (κ1) is 13.4. The number of pyridine rings is 1. The number of aryl methyl sites for hydroxylation is 1. The van der Waals surface area contributed by atoms with Crippen LogP contribution in [-0.4, -0.2) is 11.6 Å². The van der Waals surface area contributed by atoms with Crippen molar-refractivity contribution in [1.29, 1.82) is 0 Å². The van der Waals surface area contributed by atoms with E-state index < -0.39 is 0 Å². The molecule has 1 aliphatic rings. The molecule has 2 heteroatoms. The summed E-state index contributed by atoms with van der Waals surface area (Å²) in [4.78, 5) is 4.90. The SMILES string of the molecule is CC(C)(C)c1cc2c(c(C(C)(C)C)n1)OCCC2. The van der Waals surface area contributed by atoms with Crippen molar-refractivity contribution >= 4 is 0 Å². The minimum absolute atomic E-state index is 0.0304. The minimum atomic E-state index is 0.0304. The maximum Gasteiger partial charge on any atom is 0.144 e. The largest absolute Gasteiger partial charge is 0.491 e. The molecule has 1 aromatic heterocycles. The fraction of sp³-hybridized carbons (Fsp3) is 0.688. The Morgan fingerprint density at radius 2 is 1.72 bits per heavy atom. The quantitative estimate of drug-likeness (QED) is 0.691. The lowest BCUT2D eigenvalue weighted by molar-refractivity contribution is 0.276. The first-order valence-electron chi connectivity index (χ1n) is 6.87. The van der Waals surface area contributed by atoms with Crippen LogP contribution in [0, 0.1) is 0 Å². The number of hydrogen-bond acceptors (Lipinski definition) is 2. The molecule has 0 aromatic carbocycles. The summed E-state index contributed by atoms with van der Waals surface area (Å²) >= 11 is 0. The van der Waals surface area contributed by atoms with Crippen LogP contribution in [0.5, 0.6) is 5.75 Å². The van der Waals surface area contributed by atoms with E-state index in [0.29, 0.717) is 0 Å². The van der Waals surface area contributed by atoms with Gasteiger partial charge in [0.25, 0.3) is 0 Å². The molecule has 0 saturated heterocycles. The molecule has 2 heterocycles. The van der Waals surface area contributed by atoms with E-state index in [4.69, 9.17) is 9.72 Å². The molecule has 0 N–H and O–H groups in total. The Bertz CT molecular complexity index is 449.